The van der Waals surface area contributed by atoms with E-state index in [1.807, 2.05) is 0 Å². The van der Waals surface area contributed by atoms with Crippen LogP contribution in [0.5, 0.6) is 0 Å². The fraction of sp³-hybridized carbons (Fsp3) is 0.455. The molecule has 0 aliphatic heterocycles. The fourth-order valence-corrected chi connectivity index (χ4v) is 3.68. The number of sulfonamides is 1. The van der Waals surface area contributed by atoms with Crippen molar-refractivity contribution in [3.63, 3.8) is 0 Å². The highest BCUT2D eigenvalue weighted by Gasteiger charge is 2.35. The molecule has 0 atom stereocenters. The highest BCUT2D eigenvalue weighted by atomic mass is 32.2. The number of carbonyl (C=O) groups excluding carboxylic acids is 1. The molecule has 8 nitrogen and oxygen atoms in total. The third-order valence-corrected chi connectivity index (χ3v) is 4.78. The maximum atomic E-state index is 12.5. The molecule has 1 aromatic heterocycles. The van der Waals surface area contributed by atoms with Crippen LogP contribution in [-0.4, -0.2) is 42.8 Å². The van der Waals surface area contributed by atoms with E-state index < -0.39 is 38.9 Å². The van der Waals surface area contributed by atoms with Crippen molar-refractivity contribution >= 4 is 21.9 Å². The van der Waals surface area contributed by atoms with Crippen molar-refractivity contribution in [1.29, 1.82) is 0 Å². The first-order valence-corrected chi connectivity index (χ1v) is 7.18. The van der Waals surface area contributed by atoms with Crippen LogP contribution in [0.25, 0.3) is 0 Å². The molecular formula is C11H16N2O6S. The van der Waals surface area contributed by atoms with Crippen molar-refractivity contribution in [2.45, 2.75) is 25.7 Å². The molecule has 0 bridgehead atoms. The number of aromatic carboxylic acids is 1. The molecule has 1 aromatic rings. The molecule has 0 radical (unpaired) electrons. The number of primary amides is 1. The van der Waals surface area contributed by atoms with Gasteiger partial charge >= 0.3 is 5.97 Å². The van der Waals surface area contributed by atoms with Crippen molar-refractivity contribution in [1.82, 2.24) is 4.31 Å². The quantitative estimate of drug-likeness (QED) is 0.765. The largest absolute Gasteiger partial charge is 0.478 e. The minimum Gasteiger partial charge on any atom is -0.478 e. The molecule has 1 amide bonds. The number of hydrogen-bond donors (Lipinski definition) is 2. The van der Waals surface area contributed by atoms with E-state index >= 15 is 0 Å². The van der Waals surface area contributed by atoms with Gasteiger partial charge in [0.15, 0.2) is 0 Å². The highest BCUT2D eigenvalue weighted by molar-refractivity contribution is 7.89. The van der Waals surface area contributed by atoms with Gasteiger partial charge in [0.25, 0.3) is 0 Å². The summed E-state index contributed by atoms with van der Waals surface area (Å²) in [6.07, 6.45) is 0. The summed E-state index contributed by atoms with van der Waals surface area (Å²) in [5, 5.41) is 9.12. The van der Waals surface area contributed by atoms with Crippen molar-refractivity contribution in [2.75, 3.05) is 13.1 Å². The second-order valence-corrected chi connectivity index (χ2v) is 6.00. The van der Waals surface area contributed by atoms with Gasteiger partial charge in [-0.2, -0.15) is 4.31 Å². The normalized spacial score (nSPS) is 11.8. The number of likely N-dealkylation sites (N-methyl/N-ethyl adjacent to an activating group) is 1. The Bertz CT molecular complexity index is 646. The third-order valence-electron chi connectivity index (χ3n) is 2.70. The van der Waals surface area contributed by atoms with E-state index in [1.165, 1.54) is 20.8 Å². The molecule has 9 heteroatoms. The van der Waals surface area contributed by atoms with E-state index in [0.717, 1.165) is 4.31 Å². The second-order valence-electron chi connectivity index (χ2n) is 4.12. The zero-order valence-corrected chi connectivity index (χ0v) is 12.2. The summed E-state index contributed by atoms with van der Waals surface area (Å²) in [4.78, 5) is 21.7. The van der Waals surface area contributed by atoms with Gasteiger partial charge in [0.05, 0.1) is 6.54 Å². The van der Waals surface area contributed by atoms with Gasteiger partial charge in [0, 0.05) is 6.54 Å². The van der Waals surface area contributed by atoms with Gasteiger partial charge in [-0.05, 0) is 13.8 Å². The Morgan fingerprint density at radius 3 is 2.25 bits per heavy atom. The standard InChI is InChI=1S/C11H16N2O6S/c1-4-13(5-8(12)14)20(17,18)10-7(3)19-6(2)9(10)11(15)16/h4-5H2,1-3H3,(H2,12,14)(H,15,16). The van der Waals surface area contributed by atoms with Crippen LogP contribution in [0.4, 0.5) is 0 Å². The summed E-state index contributed by atoms with van der Waals surface area (Å²) >= 11 is 0. The molecule has 0 spiro atoms. The molecule has 0 saturated heterocycles. The molecule has 0 aliphatic rings. The van der Waals surface area contributed by atoms with Crippen molar-refractivity contribution in [3.05, 3.63) is 17.1 Å². The Balaban J connectivity index is 3.49. The van der Waals surface area contributed by atoms with Crippen molar-refractivity contribution < 1.29 is 27.5 Å². The number of nitrogens with two attached hydrogens (primary N) is 1. The lowest BCUT2D eigenvalue weighted by Crippen LogP contribution is -2.38. The molecule has 0 aliphatic carbocycles. The molecule has 0 saturated carbocycles. The predicted octanol–water partition coefficient (Wildman–Crippen LogP) is 0.0905. The van der Waals surface area contributed by atoms with E-state index in [-0.39, 0.29) is 18.1 Å². The van der Waals surface area contributed by atoms with Crippen LogP contribution >= 0.6 is 0 Å². The van der Waals surface area contributed by atoms with Gasteiger partial charge in [-0.1, -0.05) is 6.92 Å². The van der Waals surface area contributed by atoms with Gasteiger partial charge in [0.1, 0.15) is 22.0 Å². The number of hydrogen-bond acceptors (Lipinski definition) is 5. The lowest BCUT2D eigenvalue weighted by Gasteiger charge is -2.18. The Hall–Kier alpha value is -1.87. The smallest absolute Gasteiger partial charge is 0.340 e. The molecule has 112 valence electrons. The number of aryl methyl sites for hydroxylation is 2. The van der Waals surface area contributed by atoms with Crippen LogP contribution in [-0.2, 0) is 14.8 Å². The Labute approximate surface area is 116 Å². The van der Waals surface area contributed by atoms with E-state index in [9.17, 15) is 18.0 Å². The summed E-state index contributed by atoms with van der Waals surface area (Å²) in [6, 6.07) is 0. The molecule has 0 unspecified atom stereocenters. The minimum atomic E-state index is -4.17. The Morgan fingerprint density at radius 2 is 1.85 bits per heavy atom. The van der Waals surface area contributed by atoms with Gasteiger partial charge in [-0.15, -0.1) is 0 Å². The first kappa shape index (κ1) is 16.2. The number of carbonyl (C=O) groups is 2. The summed E-state index contributed by atoms with van der Waals surface area (Å²) < 4.78 is 30.8. The van der Waals surface area contributed by atoms with E-state index in [2.05, 4.69) is 0 Å². The number of carboxylic acid groups (broad SMARTS) is 1. The van der Waals surface area contributed by atoms with Crippen LogP contribution in [0, 0.1) is 13.8 Å². The summed E-state index contributed by atoms with van der Waals surface area (Å²) in [7, 11) is -4.17. The number of rotatable bonds is 6. The molecule has 1 heterocycles. The predicted molar refractivity (Wildman–Crippen MR) is 68.8 cm³/mol. The minimum absolute atomic E-state index is 0.0105. The van der Waals surface area contributed by atoms with Gasteiger partial charge < -0.3 is 15.3 Å². The number of furan rings is 1. The molecule has 3 N–H and O–H groups in total. The summed E-state index contributed by atoms with van der Waals surface area (Å²) in [6.45, 7) is 3.68. The maximum Gasteiger partial charge on any atom is 0.340 e. The van der Waals surface area contributed by atoms with Gasteiger partial charge in [0.2, 0.25) is 15.9 Å². The molecule has 0 fully saturated rings. The highest BCUT2D eigenvalue weighted by Crippen LogP contribution is 2.29. The van der Waals surface area contributed by atoms with E-state index in [0.29, 0.717) is 0 Å². The van der Waals surface area contributed by atoms with E-state index in [1.54, 1.807) is 0 Å². The molecule has 1 rings (SSSR count). The number of amides is 1. The first-order chi connectivity index (χ1) is 9.12. The topological polar surface area (TPSA) is 131 Å². The molecule has 20 heavy (non-hydrogen) atoms. The summed E-state index contributed by atoms with van der Waals surface area (Å²) in [5.74, 6) is -2.29. The maximum absolute atomic E-state index is 12.5. The Kier molecular flexibility index (Phi) is 4.56. The van der Waals surface area contributed by atoms with Crippen LogP contribution in [0.15, 0.2) is 9.31 Å². The molecule has 0 aromatic carbocycles. The average Bonchev–Trinajstić information content (AvgIpc) is 2.61. The molecular weight excluding hydrogens is 288 g/mol. The van der Waals surface area contributed by atoms with E-state index in [4.69, 9.17) is 15.3 Å². The summed E-state index contributed by atoms with van der Waals surface area (Å²) in [5.41, 5.74) is 4.57. The van der Waals surface area contributed by atoms with Gasteiger partial charge in [-0.25, -0.2) is 13.2 Å². The number of nitrogens with zero attached hydrogens (tertiary/aromatic N) is 1. The van der Waals surface area contributed by atoms with Crippen molar-refractivity contribution in [3.8, 4) is 0 Å². The number of carboxylic acids is 1. The third kappa shape index (κ3) is 2.83. The van der Waals surface area contributed by atoms with Crippen LogP contribution in [0.3, 0.4) is 0 Å². The van der Waals surface area contributed by atoms with Gasteiger partial charge in [-0.3, -0.25) is 4.79 Å². The van der Waals surface area contributed by atoms with Crippen LogP contribution < -0.4 is 5.73 Å². The van der Waals surface area contributed by atoms with Crippen LogP contribution in [0.1, 0.15) is 28.8 Å². The average molecular weight is 304 g/mol. The lowest BCUT2D eigenvalue weighted by atomic mass is 10.2. The zero-order chi connectivity index (χ0) is 15.7. The van der Waals surface area contributed by atoms with Crippen molar-refractivity contribution in [2.24, 2.45) is 5.73 Å². The lowest BCUT2D eigenvalue weighted by molar-refractivity contribution is -0.118. The first-order valence-electron chi connectivity index (χ1n) is 5.74. The SMILES string of the molecule is CCN(CC(N)=O)S(=O)(=O)c1c(C)oc(C)c1C(=O)O. The Morgan fingerprint density at radius 1 is 1.30 bits per heavy atom. The second kappa shape index (κ2) is 5.63. The zero-order valence-electron chi connectivity index (χ0n) is 11.3. The monoisotopic (exact) mass is 304 g/mol. The fourth-order valence-electron chi connectivity index (χ4n) is 1.89. The van der Waals surface area contributed by atoms with Crippen LogP contribution in [0.2, 0.25) is 0 Å².